The Kier molecular flexibility index (Phi) is 33.8. The zero-order valence-corrected chi connectivity index (χ0v) is 66.3. The van der Waals surface area contributed by atoms with E-state index in [1.165, 1.54) is 77.6 Å². The second-order valence-corrected chi connectivity index (χ2v) is 29.8. The normalized spacial score (nSPS) is 21.9. The van der Waals surface area contributed by atoms with Crippen molar-refractivity contribution in [3.8, 4) is 5.75 Å². The van der Waals surface area contributed by atoms with Crippen molar-refractivity contribution < 1.29 is 99.3 Å². The number of thioether (sulfide) groups is 1. The summed E-state index contributed by atoms with van der Waals surface area (Å²) in [6, 6.07) is 14.4. The van der Waals surface area contributed by atoms with Crippen LogP contribution in [0.2, 0.25) is 0 Å². The Morgan fingerprint density at radius 1 is 0.500 bits per heavy atom. The van der Waals surface area contributed by atoms with Crippen LogP contribution >= 0.6 is 11.8 Å². The van der Waals surface area contributed by atoms with E-state index in [-0.39, 0.29) is 42.9 Å². The van der Waals surface area contributed by atoms with E-state index in [1.807, 2.05) is 6.92 Å². The molecule has 5 aromatic carbocycles. The Morgan fingerprint density at radius 3 is 1.59 bits per heavy atom. The fraction of sp³-hybridized carbons (Fsp3) is 0.425. The highest BCUT2D eigenvalue weighted by molar-refractivity contribution is 8.00. The largest absolute Gasteiger partial charge is 0.508 e. The third-order valence-electron chi connectivity index (χ3n) is 19.3. The summed E-state index contributed by atoms with van der Waals surface area (Å²) in [6.07, 6.45) is -1.26. The number of aromatic amines is 1. The highest BCUT2D eigenvalue weighted by Gasteiger charge is 2.41. The number of H-pyrrole nitrogens is 1. The van der Waals surface area contributed by atoms with Crippen molar-refractivity contribution in [3.63, 3.8) is 0 Å². The molecule has 2 heterocycles. The molecule has 36 heteroatoms. The lowest BCUT2D eigenvalue weighted by atomic mass is 9.98. The van der Waals surface area contributed by atoms with Gasteiger partial charge in [0, 0.05) is 102 Å². The van der Waals surface area contributed by atoms with Gasteiger partial charge in [-0.3, -0.25) is 67.1 Å². The van der Waals surface area contributed by atoms with E-state index in [2.05, 4.69) is 47.5 Å². The minimum Gasteiger partial charge on any atom is -0.508 e. The molecule has 0 aliphatic carbocycles. The number of rotatable bonds is 16. The number of carboxylic acid groups (broad SMARTS) is 1. The standard InChI is InChI=1S/C80H97F5N14O16S/c1-10-11-26-59-79(114)96(6)40-63(103)90-56(36-66(106)107)75(110)94-72(44(2)3)80(115)99(9)60(33-47-22-16-13-17-23-47)76(111)93-58(35-52-67(81)69(83)71(85)70(84)68(52)82)78(113)95(5)39-62(102)89-55(34-49-37-86-53-25-19-18-24-51(49)53)74(109)92-54(31-48-27-29-50(100)30-28-48)73(108)87-38-61(101)88-45(4)42-116-43-64(104)91-57(32-46-20-14-12-15-21-46)77(112)97(7)41-65(105)98(59)8/h12-25,27-30,37,44-45,54-60,72,86,100H,10-11,26,31-36,38-43H2,1-9H3,(H,87,108)(H,88,101)(H,89,102)(H,90,103)(H,91,104)(H,92,109)(H,93,111)(H,94,110)(H,106,107)/t45-,54+,55+,56+,57+,58+,59+,60+,72+/m1/s1. The van der Waals surface area contributed by atoms with E-state index in [9.17, 15) is 72.1 Å². The average molecular weight is 1640 g/mol. The number of phenols is 1. The van der Waals surface area contributed by atoms with Gasteiger partial charge in [0.15, 0.2) is 23.3 Å². The number of aromatic hydroxyl groups is 1. The molecule has 1 aliphatic heterocycles. The lowest BCUT2D eigenvalue weighted by molar-refractivity contribution is -0.148. The number of halogens is 5. The minimum atomic E-state index is -2.57. The second-order valence-electron chi connectivity index (χ2n) is 28.8. The van der Waals surface area contributed by atoms with Crippen LogP contribution < -0.4 is 42.5 Å². The molecule has 116 heavy (non-hydrogen) atoms. The summed E-state index contributed by atoms with van der Waals surface area (Å²) < 4.78 is 76.5. The van der Waals surface area contributed by atoms with Crippen LogP contribution in [0.15, 0.2) is 115 Å². The number of hydrogen-bond donors (Lipinski definition) is 11. The van der Waals surface area contributed by atoms with Crippen LogP contribution in [0.1, 0.15) is 81.2 Å². The molecular formula is C80H97F5N14O16S. The Bertz CT molecular complexity index is 4520. The number of aliphatic carboxylic acids is 1. The third-order valence-corrected chi connectivity index (χ3v) is 20.5. The topological polar surface area (TPSA) is 408 Å². The molecule has 1 fully saturated rings. The fourth-order valence-electron chi connectivity index (χ4n) is 12.9. The maximum Gasteiger partial charge on any atom is 0.305 e. The molecule has 11 N–H and O–H groups in total. The SMILES string of the molecule is CCCC[C@H]1C(=O)N(C)CC(=O)N[C@@H](CC(=O)O)C(=O)N[C@@H](C(C)C)C(=O)N(C)[C@@H](Cc2ccccc2)C(=O)N[C@@H](Cc2c(F)c(F)c(F)c(F)c2F)C(=O)N(C)CC(=O)N[C@@H](Cc2c[nH]c3ccccc23)C(=O)N[C@@H](Cc2ccc(O)cc2)C(=O)NCC(=O)N[C@H](C)CSCC(=O)N[C@@H](Cc2ccccc2)C(=O)N(C)CC(=O)N1C. The lowest BCUT2D eigenvalue weighted by Crippen LogP contribution is -2.61. The summed E-state index contributed by atoms with van der Waals surface area (Å²) in [5.41, 5.74) is 0.750. The van der Waals surface area contributed by atoms with Gasteiger partial charge in [-0.05, 0) is 59.7 Å². The number of fused-ring (bicyclic) bond motifs is 1. The number of hydrogen-bond acceptors (Lipinski definition) is 16. The van der Waals surface area contributed by atoms with Gasteiger partial charge in [0.25, 0.3) is 0 Å². The molecule has 9 atom stereocenters. The minimum absolute atomic E-state index is 0.0213. The summed E-state index contributed by atoms with van der Waals surface area (Å²) in [7, 11) is 5.87. The van der Waals surface area contributed by atoms with Gasteiger partial charge >= 0.3 is 5.97 Å². The average Bonchev–Trinajstić information content (AvgIpc) is 1.63. The number of nitrogens with one attached hydrogen (secondary N) is 9. The van der Waals surface area contributed by atoms with Crippen molar-refractivity contribution in [3.05, 3.63) is 172 Å². The summed E-state index contributed by atoms with van der Waals surface area (Å²) in [6.45, 7) is 3.10. The van der Waals surface area contributed by atoms with Gasteiger partial charge in [0.05, 0.1) is 38.4 Å². The van der Waals surface area contributed by atoms with Crippen molar-refractivity contribution >= 4 is 105 Å². The maximum absolute atomic E-state index is 15.9. The smallest absolute Gasteiger partial charge is 0.305 e. The number of phenolic OH excluding ortho intramolecular Hbond substituents is 1. The molecule has 30 nitrogen and oxygen atoms in total. The molecule has 1 aliphatic rings. The molecule has 0 unspecified atom stereocenters. The van der Waals surface area contributed by atoms with Gasteiger partial charge < -0.3 is 82.2 Å². The van der Waals surface area contributed by atoms with Crippen molar-refractivity contribution in [1.29, 1.82) is 0 Å². The number of nitrogens with zero attached hydrogens (tertiary/aromatic N) is 5. The first-order valence-corrected chi connectivity index (χ1v) is 38.5. The summed E-state index contributed by atoms with van der Waals surface area (Å²) in [5.74, 6) is -28.0. The van der Waals surface area contributed by atoms with Crippen LogP contribution in [0.25, 0.3) is 10.9 Å². The molecule has 0 radical (unpaired) electrons. The zero-order chi connectivity index (χ0) is 85.4. The number of unbranched alkanes of at least 4 members (excludes halogenated alkanes) is 1. The first kappa shape index (κ1) is 91.2. The molecule has 1 saturated heterocycles. The van der Waals surface area contributed by atoms with Gasteiger partial charge in [-0.25, -0.2) is 22.0 Å². The molecule has 1 aromatic heterocycles. The Morgan fingerprint density at radius 2 is 1.00 bits per heavy atom. The van der Waals surface area contributed by atoms with Gasteiger partial charge in [0.1, 0.15) is 54.1 Å². The first-order chi connectivity index (χ1) is 55.0. The Balaban J connectivity index is 1.26. The van der Waals surface area contributed by atoms with Crippen LogP contribution in [-0.4, -0.2) is 250 Å². The molecule has 0 spiro atoms. The highest BCUT2D eigenvalue weighted by Crippen LogP contribution is 2.27. The van der Waals surface area contributed by atoms with Crippen LogP contribution in [-0.2, 0) is 99.2 Å². The van der Waals surface area contributed by atoms with Crippen molar-refractivity contribution in [2.24, 2.45) is 5.92 Å². The monoisotopic (exact) mass is 1640 g/mol. The van der Waals surface area contributed by atoms with Gasteiger partial charge in [-0.2, -0.15) is 0 Å². The van der Waals surface area contributed by atoms with E-state index >= 15 is 27.2 Å². The molecule has 0 bridgehead atoms. The van der Waals surface area contributed by atoms with Crippen LogP contribution in [0, 0.1) is 35.0 Å². The number of para-hydroxylation sites is 1. The van der Waals surface area contributed by atoms with Gasteiger partial charge in [-0.1, -0.05) is 125 Å². The number of likely N-dealkylation sites (N-methyl/N-ethyl adjacent to an activating group) is 5. The fourth-order valence-corrected chi connectivity index (χ4v) is 13.7. The van der Waals surface area contributed by atoms with Gasteiger partial charge in [-0.15, -0.1) is 11.8 Å². The number of carboxylic acids is 1. The van der Waals surface area contributed by atoms with Crippen LogP contribution in [0.5, 0.6) is 5.75 Å². The van der Waals surface area contributed by atoms with E-state index in [0.29, 0.717) is 50.9 Å². The Labute approximate surface area is 670 Å². The van der Waals surface area contributed by atoms with E-state index in [0.717, 1.165) is 45.5 Å². The number of amides is 13. The molecule has 0 saturated carbocycles. The molecule has 624 valence electrons. The number of carbonyl (C=O) groups is 14. The first-order valence-electron chi connectivity index (χ1n) is 37.3. The summed E-state index contributed by atoms with van der Waals surface area (Å²) >= 11 is 1.08. The number of carbonyl (C=O) groups excluding carboxylic acids is 13. The molecular weight excluding hydrogens is 1540 g/mol. The quantitative estimate of drug-likeness (QED) is 0.0377. The third kappa shape index (κ3) is 25.8. The number of aromatic nitrogens is 1. The summed E-state index contributed by atoms with van der Waals surface area (Å²) in [4.78, 5) is 208. The van der Waals surface area contributed by atoms with Crippen LogP contribution in [0.4, 0.5) is 22.0 Å². The van der Waals surface area contributed by atoms with Crippen molar-refractivity contribution in [2.45, 2.75) is 140 Å². The van der Waals surface area contributed by atoms with Crippen LogP contribution in [0.3, 0.4) is 0 Å². The van der Waals surface area contributed by atoms with Crippen molar-refractivity contribution in [2.75, 3.05) is 72.9 Å². The lowest BCUT2D eigenvalue weighted by Gasteiger charge is -2.34. The molecule has 7 rings (SSSR count). The maximum atomic E-state index is 15.9. The summed E-state index contributed by atoms with van der Waals surface area (Å²) in [5, 5.41) is 41.0. The predicted octanol–water partition coefficient (Wildman–Crippen LogP) is 2.71. The second kappa shape index (κ2) is 42.9. The van der Waals surface area contributed by atoms with Gasteiger partial charge in [0.2, 0.25) is 82.6 Å². The zero-order valence-electron chi connectivity index (χ0n) is 65.5. The van der Waals surface area contributed by atoms with E-state index in [1.54, 1.807) is 79.7 Å². The van der Waals surface area contributed by atoms with E-state index < -0.39 is 223 Å². The van der Waals surface area contributed by atoms with E-state index in [4.69, 9.17) is 0 Å². The predicted molar refractivity (Wildman–Crippen MR) is 416 cm³/mol. The van der Waals surface area contributed by atoms with Crippen molar-refractivity contribution in [1.82, 2.24) is 72.0 Å². The molecule has 6 aromatic rings. The Hall–Kier alpha value is -12.0. The number of benzene rings is 5. The molecule has 13 amide bonds. The highest BCUT2D eigenvalue weighted by atomic mass is 32.2.